The first-order valence-electron chi connectivity index (χ1n) is 8.33. The first-order chi connectivity index (χ1) is 10.4. The molecule has 0 aliphatic carbocycles. The molecule has 1 rings (SSSR count). The molecule has 0 fully saturated rings. The predicted octanol–water partition coefficient (Wildman–Crippen LogP) is 6.07. The molecule has 0 radical (unpaired) electrons. The van der Waals surface area contributed by atoms with E-state index in [4.69, 9.17) is 0 Å². The van der Waals surface area contributed by atoms with Gasteiger partial charge in [0.15, 0.2) is 0 Å². The summed E-state index contributed by atoms with van der Waals surface area (Å²) in [4.78, 5) is 11.7. The molecule has 0 amide bonds. The van der Waals surface area contributed by atoms with E-state index in [1.165, 1.54) is 5.56 Å². The Hall–Kier alpha value is -1.37. The van der Waals surface area contributed by atoms with Crippen molar-refractivity contribution in [2.75, 3.05) is 0 Å². The Kier molecular flexibility index (Phi) is 7.05. The molecule has 120 valence electrons. The van der Waals surface area contributed by atoms with E-state index in [2.05, 4.69) is 71.8 Å². The average Bonchev–Trinajstić information content (AvgIpc) is 2.46. The van der Waals surface area contributed by atoms with E-state index in [-0.39, 0.29) is 0 Å². The number of benzene rings is 1. The first kappa shape index (κ1) is 18.7. The van der Waals surface area contributed by atoms with Crippen molar-refractivity contribution in [2.24, 2.45) is 0 Å². The van der Waals surface area contributed by atoms with Gasteiger partial charge in [-0.15, -0.1) is 0 Å². The van der Waals surface area contributed by atoms with Gasteiger partial charge >= 0.3 is 0 Å². The van der Waals surface area contributed by atoms with Crippen LogP contribution < -0.4 is 0 Å². The second kappa shape index (κ2) is 8.31. The number of carbonyl (C=O) groups excluding carboxylic acids is 1. The maximum atomic E-state index is 11.7. The van der Waals surface area contributed by atoms with Crippen LogP contribution in [0, 0.1) is 0 Å². The fraction of sp³-hybridized carbons (Fsp3) is 0.500. The average molecular weight is 315 g/mol. The minimum atomic E-state index is -1.85. The summed E-state index contributed by atoms with van der Waals surface area (Å²) >= 11 is 0. The van der Waals surface area contributed by atoms with Crippen molar-refractivity contribution in [1.29, 1.82) is 0 Å². The molecule has 1 nitrogen and oxygen atoms in total. The maximum absolute atomic E-state index is 11.7. The summed E-state index contributed by atoms with van der Waals surface area (Å²) < 4.78 is 0. The van der Waals surface area contributed by atoms with E-state index in [0.717, 1.165) is 11.6 Å². The van der Waals surface area contributed by atoms with Crippen LogP contribution in [0.1, 0.15) is 53.5 Å². The molecule has 0 aliphatic rings. The number of allylic oxidation sites excluding steroid dienone is 2. The van der Waals surface area contributed by atoms with Crippen LogP contribution in [0.3, 0.4) is 0 Å². The highest BCUT2D eigenvalue weighted by atomic mass is 28.3. The molecule has 0 saturated heterocycles. The van der Waals surface area contributed by atoms with Gasteiger partial charge in [0.05, 0.1) is 0 Å². The van der Waals surface area contributed by atoms with E-state index in [1.807, 2.05) is 18.2 Å². The van der Waals surface area contributed by atoms with Gasteiger partial charge in [0.2, 0.25) is 0 Å². The Bertz CT molecular complexity index is 512. The van der Waals surface area contributed by atoms with E-state index in [1.54, 1.807) is 0 Å². The summed E-state index contributed by atoms with van der Waals surface area (Å²) in [5.41, 5.74) is 2.83. The largest absolute Gasteiger partial charge is 0.234 e. The normalized spacial score (nSPS) is 12.4. The molecule has 1 aromatic carbocycles. The fourth-order valence-electron chi connectivity index (χ4n) is 4.23. The highest BCUT2D eigenvalue weighted by Gasteiger charge is 2.46. The molecule has 2 heteroatoms. The molecule has 0 unspecified atom stereocenters. The summed E-state index contributed by atoms with van der Waals surface area (Å²) in [5, 5.41) is 1.04. The monoisotopic (exact) mass is 314 g/mol. The second-order valence-corrected chi connectivity index (χ2v) is 12.9. The van der Waals surface area contributed by atoms with Crippen LogP contribution in [0.25, 0.3) is 6.08 Å². The lowest BCUT2D eigenvalue weighted by atomic mass is 10.2. The van der Waals surface area contributed by atoms with Crippen LogP contribution in [0.2, 0.25) is 16.6 Å². The Labute approximate surface area is 137 Å². The third-order valence-corrected chi connectivity index (χ3v) is 12.0. The molecule has 0 bridgehead atoms. The van der Waals surface area contributed by atoms with Crippen molar-refractivity contribution in [1.82, 2.24) is 0 Å². The van der Waals surface area contributed by atoms with E-state index < -0.39 is 8.07 Å². The Morgan fingerprint density at radius 3 is 1.91 bits per heavy atom. The predicted molar refractivity (Wildman–Crippen MR) is 100 cm³/mol. The molecular weight excluding hydrogens is 284 g/mol. The van der Waals surface area contributed by atoms with Gasteiger partial charge in [-0.25, -0.2) is 4.79 Å². The van der Waals surface area contributed by atoms with Gasteiger partial charge < -0.3 is 0 Å². The van der Waals surface area contributed by atoms with Crippen LogP contribution in [-0.2, 0) is 4.79 Å². The van der Waals surface area contributed by atoms with Gasteiger partial charge in [-0.3, -0.25) is 0 Å². The van der Waals surface area contributed by atoms with Gasteiger partial charge in [0, 0.05) is 5.20 Å². The second-order valence-electron chi connectivity index (χ2n) is 6.99. The third-order valence-electron chi connectivity index (χ3n) is 4.94. The SMILES string of the molecule is CC(C)[Si](C(=C=O)C/C=C/c1ccccc1)(C(C)C)C(C)C. The summed E-state index contributed by atoms with van der Waals surface area (Å²) in [6.45, 7) is 13.7. The number of hydrogen-bond acceptors (Lipinski definition) is 1. The summed E-state index contributed by atoms with van der Waals surface area (Å²) in [6, 6.07) is 10.2. The summed E-state index contributed by atoms with van der Waals surface area (Å²) in [5.74, 6) is 2.35. The van der Waals surface area contributed by atoms with Gasteiger partial charge in [0.25, 0.3) is 0 Å². The van der Waals surface area contributed by atoms with Crippen LogP contribution in [0.4, 0.5) is 0 Å². The number of rotatable bonds is 7. The summed E-state index contributed by atoms with van der Waals surface area (Å²) in [7, 11) is -1.85. The van der Waals surface area contributed by atoms with Crippen molar-refractivity contribution >= 4 is 20.1 Å². The van der Waals surface area contributed by atoms with Crippen LogP contribution in [0.15, 0.2) is 41.6 Å². The molecular formula is C20H30OSi. The van der Waals surface area contributed by atoms with E-state index >= 15 is 0 Å². The molecule has 0 saturated carbocycles. The van der Waals surface area contributed by atoms with Crippen LogP contribution >= 0.6 is 0 Å². The van der Waals surface area contributed by atoms with Crippen molar-refractivity contribution in [2.45, 2.75) is 64.6 Å². The fourth-order valence-corrected chi connectivity index (χ4v) is 11.0. The highest BCUT2D eigenvalue weighted by molar-refractivity contribution is 6.90. The molecule has 0 atom stereocenters. The quantitative estimate of drug-likeness (QED) is 0.441. The highest BCUT2D eigenvalue weighted by Crippen LogP contribution is 2.46. The zero-order chi connectivity index (χ0) is 16.8. The lowest BCUT2D eigenvalue weighted by Crippen LogP contribution is -2.47. The Morgan fingerprint density at radius 1 is 1.00 bits per heavy atom. The summed E-state index contributed by atoms with van der Waals surface area (Å²) in [6.07, 6.45) is 4.97. The van der Waals surface area contributed by atoms with Gasteiger partial charge in [-0.05, 0) is 28.6 Å². The Morgan fingerprint density at radius 2 is 1.50 bits per heavy atom. The van der Waals surface area contributed by atoms with E-state index in [0.29, 0.717) is 16.6 Å². The molecule has 0 spiro atoms. The minimum Gasteiger partial charge on any atom is -0.234 e. The van der Waals surface area contributed by atoms with Gasteiger partial charge in [-0.2, -0.15) is 0 Å². The lowest BCUT2D eigenvalue weighted by Gasteiger charge is -2.43. The van der Waals surface area contributed by atoms with Crippen LogP contribution in [-0.4, -0.2) is 14.0 Å². The van der Waals surface area contributed by atoms with Crippen molar-refractivity contribution in [3.63, 3.8) is 0 Å². The standard InChI is InChI=1S/C20H30OSi/c1-16(2)22(17(3)4,18(5)6)20(15-21)14-10-13-19-11-8-7-9-12-19/h7-13,16-18H,14H2,1-6H3/b13-10+. The molecule has 1 aromatic rings. The molecule has 22 heavy (non-hydrogen) atoms. The lowest BCUT2D eigenvalue weighted by molar-refractivity contribution is 0.567. The molecule has 0 heterocycles. The first-order valence-corrected chi connectivity index (χ1v) is 10.6. The zero-order valence-corrected chi connectivity index (χ0v) is 15.9. The van der Waals surface area contributed by atoms with Crippen molar-refractivity contribution in [3.8, 4) is 0 Å². The molecule has 0 N–H and O–H groups in total. The van der Waals surface area contributed by atoms with Crippen LogP contribution in [0.5, 0.6) is 0 Å². The van der Waals surface area contributed by atoms with Gasteiger partial charge in [-0.1, -0.05) is 84.0 Å². The Balaban J connectivity index is 3.07. The molecule has 0 aliphatic heterocycles. The molecule has 0 aromatic heterocycles. The van der Waals surface area contributed by atoms with Crippen molar-refractivity contribution in [3.05, 3.63) is 47.2 Å². The topological polar surface area (TPSA) is 17.1 Å². The maximum Gasteiger partial charge on any atom is 0.119 e. The van der Waals surface area contributed by atoms with Crippen molar-refractivity contribution < 1.29 is 4.79 Å². The number of hydrogen-bond donors (Lipinski definition) is 0. The minimum absolute atomic E-state index is 0.550. The van der Waals surface area contributed by atoms with E-state index in [9.17, 15) is 4.79 Å². The third kappa shape index (κ3) is 3.88. The zero-order valence-electron chi connectivity index (χ0n) is 14.9. The smallest absolute Gasteiger partial charge is 0.119 e. The van der Waals surface area contributed by atoms with Gasteiger partial charge in [0.1, 0.15) is 14.0 Å².